The van der Waals surface area contributed by atoms with Crippen LogP contribution in [-0.4, -0.2) is 0 Å². The molecule has 0 heterocycles. The summed E-state index contributed by atoms with van der Waals surface area (Å²) in [5.41, 5.74) is 2.68. The fourth-order valence-electron chi connectivity index (χ4n) is 1.26. The van der Waals surface area contributed by atoms with E-state index in [2.05, 4.69) is 66.7 Å². The summed E-state index contributed by atoms with van der Waals surface area (Å²) >= 11 is 7.47. The van der Waals surface area contributed by atoms with Crippen molar-refractivity contribution in [1.82, 2.24) is 0 Å². The van der Waals surface area contributed by atoms with E-state index in [1.54, 1.807) is 0 Å². The van der Waals surface area contributed by atoms with Crippen LogP contribution in [0.25, 0.3) is 0 Å². The lowest BCUT2D eigenvalue weighted by Crippen LogP contribution is -1.71. The molecule has 16 heavy (non-hydrogen) atoms. The zero-order valence-electron chi connectivity index (χ0n) is 9.44. The van der Waals surface area contributed by atoms with Gasteiger partial charge in [0.1, 0.15) is 0 Å². The number of hydrogen-bond acceptors (Lipinski definition) is 1. The molecular weight excluding hydrogens is 280 g/mol. The van der Waals surface area contributed by atoms with Gasteiger partial charge in [0.25, 0.3) is 0 Å². The first kappa shape index (κ1) is 13.3. The van der Waals surface area contributed by atoms with Crippen molar-refractivity contribution in [2.24, 2.45) is 0 Å². The third-order valence-electron chi connectivity index (χ3n) is 2.03. The molecule has 0 aliphatic carbocycles. The van der Waals surface area contributed by atoms with Gasteiger partial charge in [-0.2, -0.15) is 0 Å². The van der Waals surface area contributed by atoms with Crippen molar-refractivity contribution in [2.75, 3.05) is 0 Å². The highest BCUT2D eigenvalue weighted by Gasteiger charge is 1.87. The lowest BCUT2D eigenvalue weighted by molar-refractivity contribution is 1.39. The number of hydrogen-bond donors (Lipinski definition) is 1. The van der Waals surface area contributed by atoms with Gasteiger partial charge in [-0.3, -0.25) is 0 Å². The molecular formula is C14H15BrS. The molecule has 0 aliphatic rings. The van der Waals surface area contributed by atoms with Gasteiger partial charge >= 0.3 is 0 Å². The van der Waals surface area contributed by atoms with Crippen LogP contribution >= 0.6 is 28.6 Å². The first-order valence-corrected chi connectivity index (χ1v) is 6.30. The Bertz CT molecular complexity index is 414. The van der Waals surface area contributed by atoms with Gasteiger partial charge in [-0.15, -0.1) is 12.6 Å². The Morgan fingerprint density at radius 3 is 1.75 bits per heavy atom. The molecule has 84 valence electrons. The highest BCUT2D eigenvalue weighted by Crippen LogP contribution is 2.18. The first-order chi connectivity index (χ1) is 7.59. The Morgan fingerprint density at radius 1 is 0.875 bits per heavy atom. The Kier molecular flexibility index (Phi) is 5.64. The molecule has 2 aromatic carbocycles. The minimum absolute atomic E-state index is 0.979. The third-order valence-corrected chi connectivity index (χ3v) is 3.41. The Balaban J connectivity index is 0.000000160. The minimum Gasteiger partial charge on any atom is -0.142 e. The van der Waals surface area contributed by atoms with Crippen molar-refractivity contribution in [2.45, 2.75) is 18.7 Å². The summed E-state index contributed by atoms with van der Waals surface area (Å²) in [7, 11) is 0. The van der Waals surface area contributed by atoms with Crippen LogP contribution in [-0.2, 0) is 0 Å². The molecule has 2 heteroatoms. The highest BCUT2D eigenvalue weighted by molar-refractivity contribution is 9.10. The number of halogens is 1. The van der Waals surface area contributed by atoms with Gasteiger partial charge in [-0.05, 0) is 41.9 Å². The monoisotopic (exact) mass is 294 g/mol. The maximum Gasteiger partial charge on any atom is 0.0308 e. The predicted octanol–water partition coefficient (Wildman–Crippen LogP) is 5.04. The van der Waals surface area contributed by atoms with Gasteiger partial charge in [0.15, 0.2) is 0 Å². The molecule has 2 aromatic rings. The topological polar surface area (TPSA) is 0 Å². The quantitative estimate of drug-likeness (QED) is 0.647. The molecule has 0 amide bonds. The first-order valence-electron chi connectivity index (χ1n) is 5.06. The van der Waals surface area contributed by atoms with Crippen molar-refractivity contribution >= 4 is 28.6 Å². The molecule has 0 radical (unpaired) electrons. The molecule has 0 atom stereocenters. The zero-order valence-corrected chi connectivity index (χ0v) is 11.9. The number of aryl methyl sites for hydroxylation is 2. The van der Waals surface area contributed by atoms with Gasteiger partial charge < -0.3 is 0 Å². The van der Waals surface area contributed by atoms with Crippen LogP contribution in [0.4, 0.5) is 0 Å². The lowest BCUT2D eigenvalue weighted by Gasteiger charge is -1.90. The molecule has 0 bridgehead atoms. The van der Waals surface area contributed by atoms with E-state index in [1.807, 2.05) is 24.3 Å². The van der Waals surface area contributed by atoms with Gasteiger partial charge in [-0.1, -0.05) is 47.5 Å². The summed E-state index contributed by atoms with van der Waals surface area (Å²) in [5, 5.41) is 0. The molecule has 0 N–H and O–H groups in total. The van der Waals surface area contributed by atoms with Gasteiger partial charge in [0.2, 0.25) is 0 Å². The molecule has 0 aliphatic heterocycles. The van der Waals surface area contributed by atoms with Gasteiger partial charge in [0.05, 0.1) is 0 Å². The number of rotatable bonds is 0. The second kappa shape index (κ2) is 6.77. The molecule has 0 aromatic heterocycles. The minimum atomic E-state index is 0.979. The van der Waals surface area contributed by atoms with Crippen LogP contribution in [0.3, 0.4) is 0 Å². The van der Waals surface area contributed by atoms with E-state index in [4.69, 9.17) is 0 Å². The van der Waals surface area contributed by atoms with Crippen molar-refractivity contribution in [1.29, 1.82) is 0 Å². The van der Waals surface area contributed by atoms with Gasteiger partial charge in [-0.25, -0.2) is 0 Å². The summed E-state index contributed by atoms with van der Waals surface area (Å²) in [6, 6.07) is 16.3. The highest BCUT2D eigenvalue weighted by atomic mass is 79.9. The van der Waals surface area contributed by atoms with E-state index in [9.17, 15) is 0 Å². The average Bonchev–Trinajstić information content (AvgIpc) is 2.23. The summed E-state index contributed by atoms with van der Waals surface area (Å²) in [5.74, 6) is 0. The summed E-state index contributed by atoms with van der Waals surface area (Å²) in [6.45, 7) is 4.21. The lowest BCUT2D eigenvalue weighted by atomic mass is 10.2. The molecule has 0 unspecified atom stereocenters. The van der Waals surface area contributed by atoms with E-state index >= 15 is 0 Å². The standard InChI is InChI=1S/C8H10.C6H5BrS/c1-7-4-3-5-8(2)6-7;7-5-3-1-2-4-6(5)8/h3-6H,1-2H3;1-4,8H. The van der Waals surface area contributed by atoms with Crippen LogP contribution in [0.2, 0.25) is 0 Å². The van der Waals surface area contributed by atoms with E-state index < -0.39 is 0 Å². The SMILES string of the molecule is Cc1cccc(C)c1.Sc1ccccc1Br. The number of thiol groups is 1. The largest absolute Gasteiger partial charge is 0.142 e. The fraction of sp³-hybridized carbons (Fsp3) is 0.143. The summed E-state index contributed by atoms with van der Waals surface area (Å²) < 4.78 is 1.04. The molecule has 0 fully saturated rings. The molecule has 2 rings (SSSR count). The second-order valence-corrected chi connectivity index (χ2v) is 4.95. The average molecular weight is 295 g/mol. The Morgan fingerprint density at radius 2 is 1.44 bits per heavy atom. The van der Waals surface area contributed by atoms with Crippen LogP contribution in [0, 0.1) is 13.8 Å². The van der Waals surface area contributed by atoms with E-state index in [0.29, 0.717) is 0 Å². The number of benzene rings is 2. The zero-order chi connectivity index (χ0) is 12.0. The Hall–Kier alpha value is -0.730. The normalized spacial score (nSPS) is 9.25. The Labute approximate surface area is 111 Å². The summed E-state index contributed by atoms with van der Waals surface area (Å²) in [4.78, 5) is 0.979. The van der Waals surface area contributed by atoms with Crippen LogP contribution in [0.1, 0.15) is 11.1 Å². The van der Waals surface area contributed by atoms with E-state index in [1.165, 1.54) is 11.1 Å². The van der Waals surface area contributed by atoms with Gasteiger partial charge in [0, 0.05) is 9.37 Å². The van der Waals surface area contributed by atoms with E-state index in [0.717, 1.165) is 9.37 Å². The smallest absolute Gasteiger partial charge is 0.0308 e. The third kappa shape index (κ3) is 4.86. The van der Waals surface area contributed by atoms with Crippen molar-refractivity contribution < 1.29 is 0 Å². The maximum atomic E-state index is 4.15. The predicted molar refractivity (Wildman–Crippen MR) is 77.3 cm³/mol. The van der Waals surface area contributed by atoms with Crippen molar-refractivity contribution in [3.8, 4) is 0 Å². The molecule has 0 nitrogen and oxygen atoms in total. The van der Waals surface area contributed by atoms with Crippen LogP contribution in [0.15, 0.2) is 57.9 Å². The summed E-state index contributed by atoms with van der Waals surface area (Å²) in [6.07, 6.45) is 0. The molecule has 0 saturated carbocycles. The van der Waals surface area contributed by atoms with E-state index in [-0.39, 0.29) is 0 Å². The second-order valence-electron chi connectivity index (χ2n) is 3.61. The molecule has 0 saturated heterocycles. The van der Waals surface area contributed by atoms with Crippen LogP contribution in [0.5, 0.6) is 0 Å². The maximum absolute atomic E-state index is 4.15. The molecule has 0 spiro atoms. The van der Waals surface area contributed by atoms with Crippen molar-refractivity contribution in [3.63, 3.8) is 0 Å². The van der Waals surface area contributed by atoms with Crippen molar-refractivity contribution in [3.05, 3.63) is 64.1 Å². The van der Waals surface area contributed by atoms with Crippen LogP contribution < -0.4 is 0 Å². The fourth-order valence-corrected chi connectivity index (χ4v) is 1.70.